The minimum Gasteiger partial charge on any atom is -0.508 e. The van der Waals surface area contributed by atoms with Crippen LogP contribution in [0.3, 0.4) is 0 Å². The highest BCUT2D eigenvalue weighted by atomic mass is 16.5. The van der Waals surface area contributed by atoms with Gasteiger partial charge in [0.1, 0.15) is 23.0 Å². The molecule has 0 atom stereocenters. The predicted molar refractivity (Wildman–Crippen MR) is 159 cm³/mol. The third-order valence-electron chi connectivity index (χ3n) is 6.65. The van der Waals surface area contributed by atoms with Crippen molar-refractivity contribution in [3.8, 4) is 23.0 Å². The molecular weight excluding hydrogens is 472 g/mol. The van der Waals surface area contributed by atoms with Gasteiger partial charge in [0.15, 0.2) is 0 Å². The minimum absolute atomic E-state index is 0.00984. The fraction of sp³-hybridized carbons (Fsp3) is 0.471. The van der Waals surface area contributed by atoms with E-state index in [2.05, 4.69) is 88.3 Å². The largest absolute Gasteiger partial charge is 0.508 e. The number of aromatic hydroxyl groups is 3. The maximum absolute atomic E-state index is 10.8. The van der Waals surface area contributed by atoms with Crippen LogP contribution in [0.15, 0.2) is 42.5 Å². The average molecular weight is 521 g/mol. The standard InChI is InChI=1S/C23H32O2.C11H16O2/c1-14-9-16(20(24)18(11-14)22(3,4)5)13-17-10-15(2)12-19(21(17)25)23(6,7)8;1-11(2,3)9-7-8(12)5-6-10(9)13-4/h9-12,24-25H,13H2,1-8H3;5-7,12H,1-4H3. The molecule has 0 unspecified atom stereocenters. The molecule has 4 nitrogen and oxygen atoms in total. The van der Waals surface area contributed by atoms with Crippen molar-refractivity contribution in [3.05, 3.63) is 81.4 Å². The zero-order chi connectivity index (χ0) is 29.2. The Morgan fingerprint density at radius 3 is 1.32 bits per heavy atom. The third-order valence-corrected chi connectivity index (χ3v) is 6.65. The lowest BCUT2D eigenvalue weighted by molar-refractivity contribution is 0.394. The number of phenols is 3. The van der Waals surface area contributed by atoms with Crippen molar-refractivity contribution in [1.29, 1.82) is 0 Å². The molecule has 0 fully saturated rings. The van der Waals surface area contributed by atoms with Crippen molar-refractivity contribution in [3.63, 3.8) is 0 Å². The molecule has 3 N–H and O–H groups in total. The van der Waals surface area contributed by atoms with Gasteiger partial charge in [-0.15, -0.1) is 0 Å². The van der Waals surface area contributed by atoms with E-state index in [1.807, 2.05) is 12.1 Å². The van der Waals surface area contributed by atoms with Crippen molar-refractivity contribution in [2.45, 2.75) is 98.8 Å². The summed E-state index contributed by atoms with van der Waals surface area (Å²) in [5.41, 5.74) is 6.64. The van der Waals surface area contributed by atoms with Crippen LogP contribution in [0.1, 0.15) is 101 Å². The second kappa shape index (κ2) is 11.3. The van der Waals surface area contributed by atoms with Gasteiger partial charge in [-0.2, -0.15) is 0 Å². The molecule has 0 saturated heterocycles. The van der Waals surface area contributed by atoms with E-state index in [4.69, 9.17) is 4.74 Å². The average Bonchev–Trinajstić information content (AvgIpc) is 2.76. The van der Waals surface area contributed by atoms with Crippen LogP contribution in [0.5, 0.6) is 23.0 Å². The van der Waals surface area contributed by atoms with Gasteiger partial charge < -0.3 is 20.1 Å². The lowest BCUT2D eigenvalue weighted by Crippen LogP contribution is -2.14. The number of aryl methyl sites for hydroxylation is 2. The summed E-state index contributed by atoms with van der Waals surface area (Å²) in [7, 11) is 1.64. The Morgan fingerprint density at radius 1 is 0.579 bits per heavy atom. The topological polar surface area (TPSA) is 69.9 Å². The smallest absolute Gasteiger partial charge is 0.122 e. The first-order valence-electron chi connectivity index (χ1n) is 13.3. The van der Waals surface area contributed by atoms with Crippen LogP contribution in [0.2, 0.25) is 0 Å². The molecule has 0 bridgehead atoms. The van der Waals surface area contributed by atoms with Crippen LogP contribution >= 0.6 is 0 Å². The summed E-state index contributed by atoms with van der Waals surface area (Å²) in [4.78, 5) is 0. The number of phenolic OH excluding ortho intramolecular Hbond substituents is 3. The van der Waals surface area contributed by atoms with Crippen molar-refractivity contribution >= 4 is 0 Å². The van der Waals surface area contributed by atoms with Crippen molar-refractivity contribution in [2.75, 3.05) is 7.11 Å². The molecule has 0 aromatic heterocycles. The SMILES string of the molecule is COc1ccc(O)cc1C(C)(C)C.Cc1cc(Cc2cc(C)cc(C(C)(C)C)c2O)c(O)c(C(C)(C)C)c1. The second-order valence-electron chi connectivity index (χ2n) is 13.5. The van der Waals surface area contributed by atoms with Gasteiger partial charge in [0.25, 0.3) is 0 Å². The Morgan fingerprint density at radius 2 is 0.974 bits per heavy atom. The van der Waals surface area contributed by atoms with Crippen LogP contribution in [0.4, 0.5) is 0 Å². The lowest BCUT2D eigenvalue weighted by atomic mass is 9.81. The highest BCUT2D eigenvalue weighted by Crippen LogP contribution is 2.39. The number of hydrogen-bond acceptors (Lipinski definition) is 4. The van der Waals surface area contributed by atoms with E-state index in [9.17, 15) is 15.3 Å². The highest BCUT2D eigenvalue weighted by Gasteiger charge is 2.24. The van der Waals surface area contributed by atoms with Gasteiger partial charge in [0.05, 0.1) is 7.11 Å². The molecule has 4 heteroatoms. The molecule has 208 valence electrons. The van der Waals surface area contributed by atoms with Crippen LogP contribution in [0, 0.1) is 13.8 Å². The summed E-state index contributed by atoms with van der Waals surface area (Å²) < 4.78 is 5.22. The molecule has 0 saturated carbocycles. The molecule has 0 heterocycles. The van der Waals surface area contributed by atoms with Crippen LogP contribution < -0.4 is 4.74 Å². The van der Waals surface area contributed by atoms with Gasteiger partial charge >= 0.3 is 0 Å². The second-order valence-corrected chi connectivity index (χ2v) is 13.5. The molecule has 0 aliphatic carbocycles. The Hall–Kier alpha value is -3.14. The van der Waals surface area contributed by atoms with E-state index < -0.39 is 0 Å². The number of ether oxygens (including phenoxy) is 1. The summed E-state index contributed by atoms with van der Waals surface area (Å²) in [5.74, 6) is 1.80. The summed E-state index contributed by atoms with van der Waals surface area (Å²) in [5, 5.41) is 31.0. The first-order chi connectivity index (χ1) is 17.3. The molecule has 38 heavy (non-hydrogen) atoms. The Labute approximate surface area is 230 Å². The zero-order valence-corrected chi connectivity index (χ0v) is 25.5. The van der Waals surface area contributed by atoms with Gasteiger partial charge in [0, 0.05) is 12.0 Å². The zero-order valence-electron chi connectivity index (χ0n) is 25.5. The third kappa shape index (κ3) is 7.69. The Balaban J connectivity index is 0.000000328. The van der Waals surface area contributed by atoms with Gasteiger partial charge in [-0.1, -0.05) is 97.7 Å². The van der Waals surface area contributed by atoms with E-state index in [0.29, 0.717) is 17.9 Å². The van der Waals surface area contributed by atoms with E-state index in [-0.39, 0.29) is 22.0 Å². The summed E-state index contributed by atoms with van der Waals surface area (Å²) >= 11 is 0. The first-order valence-corrected chi connectivity index (χ1v) is 13.3. The quantitative estimate of drug-likeness (QED) is 0.323. The van der Waals surface area contributed by atoms with Crippen LogP contribution in [-0.2, 0) is 22.7 Å². The summed E-state index contributed by atoms with van der Waals surface area (Å²) in [6.45, 7) is 23.0. The normalized spacial score (nSPS) is 12.1. The molecule has 3 aromatic rings. The van der Waals surface area contributed by atoms with Crippen molar-refractivity contribution < 1.29 is 20.1 Å². The van der Waals surface area contributed by atoms with Gasteiger partial charge in [-0.3, -0.25) is 0 Å². The molecule has 0 spiro atoms. The molecular formula is C34H48O4. The van der Waals surface area contributed by atoms with E-state index in [1.165, 1.54) is 0 Å². The monoisotopic (exact) mass is 520 g/mol. The molecule has 0 radical (unpaired) electrons. The predicted octanol–water partition coefficient (Wildman–Crippen LogP) is 8.60. The number of benzene rings is 3. The van der Waals surface area contributed by atoms with Crippen molar-refractivity contribution in [1.82, 2.24) is 0 Å². The summed E-state index contributed by atoms with van der Waals surface area (Å²) in [6.07, 6.45) is 0.521. The Kier molecular flexibility index (Phi) is 9.25. The first kappa shape index (κ1) is 31.1. The molecule has 3 aromatic carbocycles. The lowest BCUT2D eigenvalue weighted by Gasteiger charge is -2.25. The van der Waals surface area contributed by atoms with Crippen LogP contribution in [-0.4, -0.2) is 22.4 Å². The number of hydrogen-bond donors (Lipinski definition) is 3. The van der Waals surface area contributed by atoms with Gasteiger partial charge in [-0.05, 0) is 70.5 Å². The Bertz CT molecular complexity index is 1200. The van der Waals surface area contributed by atoms with Gasteiger partial charge in [0.2, 0.25) is 0 Å². The fourth-order valence-electron chi connectivity index (χ4n) is 4.61. The van der Waals surface area contributed by atoms with Crippen molar-refractivity contribution in [2.24, 2.45) is 0 Å². The molecule has 0 aliphatic rings. The number of rotatable bonds is 3. The van der Waals surface area contributed by atoms with Crippen LogP contribution in [0.25, 0.3) is 0 Å². The molecule has 0 amide bonds. The van der Waals surface area contributed by atoms with E-state index in [1.54, 1.807) is 25.3 Å². The van der Waals surface area contributed by atoms with E-state index in [0.717, 1.165) is 44.7 Å². The maximum atomic E-state index is 10.8. The maximum Gasteiger partial charge on any atom is 0.122 e. The molecule has 0 aliphatic heterocycles. The number of methoxy groups -OCH3 is 1. The summed E-state index contributed by atoms with van der Waals surface area (Å²) in [6, 6.07) is 13.3. The van der Waals surface area contributed by atoms with Gasteiger partial charge in [-0.25, -0.2) is 0 Å². The molecule has 3 rings (SSSR count). The van der Waals surface area contributed by atoms with E-state index >= 15 is 0 Å². The minimum atomic E-state index is -0.129. The fourth-order valence-corrected chi connectivity index (χ4v) is 4.61. The highest BCUT2D eigenvalue weighted by molar-refractivity contribution is 5.53.